The fourth-order valence-corrected chi connectivity index (χ4v) is 3.63. The molecule has 0 unspecified atom stereocenters. The number of nitrogens with zero attached hydrogens (tertiary/aromatic N) is 5. The molecule has 0 aliphatic heterocycles. The molecule has 0 atom stereocenters. The number of carbonyl (C=O) groups is 1. The van der Waals surface area contributed by atoms with E-state index in [2.05, 4.69) is 75.6 Å². The fourth-order valence-electron chi connectivity index (χ4n) is 3.63. The van der Waals surface area contributed by atoms with E-state index in [1.165, 1.54) is 11.9 Å². The van der Waals surface area contributed by atoms with Crippen molar-refractivity contribution >= 4 is 23.2 Å². The third-order valence-corrected chi connectivity index (χ3v) is 5.63. The number of carbonyl (C=O) groups excluding carboxylic acids is 1. The summed E-state index contributed by atoms with van der Waals surface area (Å²) in [5, 5.41) is 10.6. The summed E-state index contributed by atoms with van der Waals surface area (Å²) in [4.78, 5) is 23.5. The van der Waals surface area contributed by atoms with Gasteiger partial charge < -0.3 is 15.5 Å². The summed E-state index contributed by atoms with van der Waals surface area (Å²) >= 11 is 0. The third kappa shape index (κ3) is 5.35. The number of hydrogen-bond acceptors (Lipinski definition) is 6. The zero-order chi connectivity index (χ0) is 23.2. The first-order chi connectivity index (χ1) is 16.1. The lowest BCUT2D eigenvalue weighted by molar-refractivity contribution is 0.0949. The molecule has 2 aromatic carbocycles. The number of amides is 1. The van der Waals surface area contributed by atoms with Crippen molar-refractivity contribution in [3.63, 3.8) is 0 Å². The molecule has 170 valence electrons. The van der Waals surface area contributed by atoms with Crippen LogP contribution < -0.4 is 10.6 Å². The predicted molar refractivity (Wildman–Crippen MR) is 131 cm³/mol. The highest BCUT2D eigenvalue weighted by Gasteiger charge is 2.11. The number of rotatable bonds is 9. The second kappa shape index (κ2) is 10.2. The highest BCUT2D eigenvalue weighted by atomic mass is 16.1. The number of aromatic nitrogens is 4. The van der Waals surface area contributed by atoms with Gasteiger partial charge in [-0.1, -0.05) is 43.7 Å². The Morgan fingerprint density at radius 1 is 1.03 bits per heavy atom. The second-order valence-electron chi connectivity index (χ2n) is 7.85. The lowest BCUT2D eigenvalue weighted by Crippen LogP contribution is -2.34. The van der Waals surface area contributed by atoms with Gasteiger partial charge in [0.1, 0.15) is 12.1 Å². The molecule has 0 aliphatic carbocycles. The Hall–Kier alpha value is -3.78. The van der Waals surface area contributed by atoms with Crippen LogP contribution in [-0.4, -0.2) is 56.6 Å². The molecule has 2 heterocycles. The maximum atomic E-state index is 12.4. The van der Waals surface area contributed by atoms with E-state index >= 15 is 0 Å². The van der Waals surface area contributed by atoms with Crippen LogP contribution in [0.3, 0.4) is 0 Å². The summed E-state index contributed by atoms with van der Waals surface area (Å²) in [6.45, 7) is 9.74. The Morgan fingerprint density at radius 3 is 2.45 bits per heavy atom. The van der Waals surface area contributed by atoms with Crippen molar-refractivity contribution in [1.82, 2.24) is 29.8 Å². The molecule has 4 rings (SSSR count). The summed E-state index contributed by atoms with van der Waals surface area (Å²) in [6.07, 6.45) is 1.50. The van der Waals surface area contributed by atoms with Crippen LogP contribution in [0.4, 0.5) is 11.5 Å². The van der Waals surface area contributed by atoms with Gasteiger partial charge in [0, 0.05) is 36.0 Å². The molecule has 2 aromatic heterocycles. The first-order valence-corrected chi connectivity index (χ1v) is 11.2. The minimum Gasteiger partial charge on any atom is -0.351 e. The molecular formula is C25H29N7O. The van der Waals surface area contributed by atoms with Crippen molar-refractivity contribution in [1.29, 1.82) is 0 Å². The first-order valence-electron chi connectivity index (χ1n) is 11.2. The van der Waals surface area contributed by atoms with Gasteiger partial charge in [-0.05, 0) is 44.3 Å². The smallest absolute Gasteiger partial charge is 0.254 e. The van der Waals surface area contributed by atoms with Crippen LogP contribution in [0.5, 0.6) is 0 Å². The molecular weight excluding hydrogens is 414 g/mol. The minimum absolute atomic E-state index is 0.0710. The van der Waals surface area contributed by atoms with Crippen LogP contribution in [0.15, 0.2) is 60.9 Å². The second-order valence-corrected chi connectivity index (χ2v) is 7.85. The molecule has 0 radical (unpaired) electrons. The van der Waals surface area contributed by atoms with E-state index in [9.17, 15) is 4.79 Å². The van der Waals surface area contributed by atoms with E-state index in [-0.39, 0.29) is 5.91 Å². The third-order valence-electron chi connectivity index (χ3n) is 5.63. The van der Waals surface area contributed by atoms with Crippen LogP contribution >= 0.6 is 0 Å². The van der Waals surface area contributed by atoms with E-state index < -0.39 is 0 Å². The Labute approximate surface area is 193 Å². The zero-order valence-corrected chi connectivity index (χ0v) is 19.2. The van der Waals surface area contributed by atoms with Gasteiger partial charge in [-0.3, -0.25) is 4.79 Å². The number of hydrogen-bond donors (Lipinski definition) is 2. The molecule has 0 bridgehead atoms. The molecule has 0 fully saturated rings. The van der Waals surface area contributed by atoms with Crippen LogP contribution in [-0.2, 0) is 0 Å². The van der Waals surface area contributed by atoms with Gasteiger partial charge in [-0.15, -0.1) is 0 Å². The van der Waals surface area contributed by atoms with Gasteiger partial charge >= 0.3 is 0 Å². The largest absolute Gasteiger partial charge is 0.351 e. The average Bonchev–Trinajstić information content (AvgIpc) is 3.31. The maximum absolute atomic E-state index is 12.4. The van der Waals surface area contributed by atoms with Crippen molar-refractivity contribution in [2.75, 3.05) is 31.5 Å². The summed E-state index contributed by atoms with van der Waals surface area (Å²) in [5.74, 6) is 1.10. The van der Waals surface area contributed by atoms with Gasteiger partial charge in [-0.25, -0.2) is 0 Å². The molecule has 1 amide bonds. The summed E-state index contributed by atoms with van der Waals surface area (Å²) in [5.41, 5.74) is 4.57. The summed E-state index contributed by atoms with van der Waals surface area (Å²) in [6, 6.07) is 17.6. The fraction of sp³-hybridized carbons (Fsp3) is 0.280. The summed E-state index contributed by atoms with van der Waals surface area (Å²) in [7, 11) is 0. The lowest BCUT2D eigenvalue weighted by atomic mass is 10.1. The van der Waals surface area contributed by atoms with Crippen molar-refractivity contribution in [3.8, 4) is 11.3 Å². The van der Waals surface area contributed by atoms with Crippen molar-refractivity contribution in [2.24, 2.45) is 0 Å². The monoisotopic (exact) mass is 443 g/mol. The molecule has 2 N–H and O–H groups in total. The number of benzene rings is 2. The number of fused-ring (bicyclic) bond motifs is 1. The molecule has 0 saturated heterocycles. The molecule has 33 heavy (non-hydrogen) atoms. The van der Waals surface area contributed by atoms with E-state index in [0.29, 0.717) is 23.7 Å². The topological polar surface area (TPSA) is 87.5 Å². The maximum Gasteiger partial charge on any atom is 0.254 e. The van der Waals surface area contributed by atoms with Crippen LogP contribution in [0.25, 0.3) is 17.0 Å². The van der Waals surface area contributed by atoms with Crippen LogP contribution in [0.1, 0.15) is 29.8 Å². The lowest BCUT2D eigenvalue weighted by Gasteiger charge is -2.18. The Balaban J connectivity index is 1.47. The molecule has 4 aromatic rings. The minimum atomic E-state index is -0.0710. The van der Waals surface area contributed by atoms with Crippen molar-refractivity contribution in [2.45, 2.75) is 20.8 Å². The zero-order valence-electron chi connectivity index (χ0n) is 19.2. The van der Waals surface area contributed by atoms with Crippen molar-refractivity contribution < 1.29 is 4.79 Å². The van der Waals surface area contributed by atoms with E-state index in [0.717, 1.165) is 36.6 Å². The van der Waals surface area contributed by atoms with Gasteiger partial charge in [0.2, 0.25) is 0 Å². The number of nitrogens with one attached hydrogen (secondary N) is 2. The Kier molecular flexibility index (Phi) is 6.95. The van der Waals surface area contributed by atoms with Crippen LogP contribution in [0, 0.1) is 6.92 Å². The molecule has 8 heteroatoms. The van der Waals surface area contributed by atoms with E-state index in [1.54, 1.807) is 4.52 Å². The molecule has 8 nitrogen and oxygen atoms in total. The number of anilines is 2. The van der Waals surface area contributed by atoms with Gasteiger partial charge in [0.15, 0.2) is 0 Å². The predicted octanol–water partition coefficient (Wildman–Crippen LogP) is 3.91. The SMILES string of the molecule is CCN(CC)CCNC(=O)c1ccc(Nc2cc(-c3ccc(C)cc3)n3ncnc3n2)cc1. The van der Waals surface area contributed by atoms with Crippen molar-refractivity contribution in [3.05, 3.63) is 72.1 Å². The molecule has 0 spiro atoms. The van der Waals surface area contributed by atoms with Gasteiger partial charge in [-0.2, -0.15) is 19.6 Å². The van der Waals surface area contributed by atoms with E-state index in [1.807, 2.05) is 30.3 Å². The first kappa shape index (κ1) is 22.4. The highest BCUT2D eigenvalue weighted by Crippen LogP contribution is 2.24. The van der Waals surface area contributed by atoms with Gasteiger partial charge in [0.05, 0.1) is 5.69 Å². The molecule has 0 aliphatic rings. The number of aryl methyl sites for hydroxylation is 1. The van der Waals surface area contributed by atoms with Crippen LogP contribution in [0.2, 0.25) is 0 Å². The highest BCUT2D eigenvalue weighted by molar-refractivity contribution is 5.94. The average molecular weight is 444 g/mol. The van der Waals surface area contributed by atoms with Gasteiger partial charge in [0.25, 0.3) is 11.7 Å². The summed E-state index contributed by atoms with van der Waals surface area (Å²) < 4.78 is 1.72. The quantitative estimate of drug-likeness (QED) is 0.408. The standard InChI is InChI=1S/C25H29N7O/c1-4-31(5-2)15-14-26-24(33)20-10-12-21(13-11-20)29-23-16-22(19-8-6-18(3)7-9-19)32-25(30-23)27-17-28-32/h6-13,16-17H,4-5,14-15H2,1-3H3,(H,26,33)(H,27,28,29,30). The Bertz CT molecular complexity index is 1210. The molecule has 0 saturated carbocycles. The Morgan fingerprint density at radius 2 is 1.76 bits per heavy atom. The normalized spacial score (nSPS) is 11.2. The van der Waals surface area contributed by atoms with E-state index in [4.69, 9.17) is 0 Å². The number of likely N-dealkylation sites (N-methyl/N-ethyl adjacent to an activating group) is 1.